The third kappa shape index (κ3) is 3.08. The molecule has 0 bridgehead atoms. The summed E-state index contributed by atoms with van der Waals surface area (Å²) in [5.41, 5.74) is 0. The van der Waals surface area contributed by atoms with Crippen molar-refractivity contribution < 1.29 is 20.3 Å². The van der Waals surface area contributed by atoms with Crippen molar-refractivity contribution in [3.05, 3.63) is 0 Å². The Morgan fingerprint density at radius 1 is 1.50 bits per heavy atom. The summed E-state index contributed by atoms with van der Waals surface area (Å²) in [6.07, 6.45) is 3.24. The topological polar surface area (TPSA) is 61.6 Å². The first-order valence-corrected chi connectivity index (χ1v) is 1.04. The summed E-state index contributed by atoms with van der Waals surface area (Å²) in [6.45, 7) is 0. The smallest absolute Gasteiger partial charge is 0.256 e. The lowest BCUT2D eigenvalue weighted by atomic mass is 11.2. The van der Waals surface area contributed by atoms with Gasteiger partial charge in [-0.05, 0) is 0 Å². The SMILES string of the molecule is OOC#CO[OH2+]. The molecule has 0 aromatic carbocycles. The standard InChI is InChI=1S/C2H2O4/c3-5-1-2-6-4/h3-4H/p+1. The summed E-state index contributed by atoms with van der Waals surface area (Å²) in [5.74, 6) is 0. The average molecular weight is 91.0 g/mol. The van der Waals surface area contributed by atoms with Crippen LogP contribution < -0.4 is 0 Å². The zero-order valence-corrected chi connectivity index (χ0v) is 2.76. The van der Waals surface area contributed by atoms with Gasteiger partial charge in [-0.25, -0.2) is 5.26 Å². The highest BCUT2D eigenvalue weighted by atomic mass is 17.1. The Labute approximate surface area is 33.8 Å². The summed E-state index contributed by atoms with van der Waals surface area (Å²) in [5, 5.41) is 13.2. The third-order valence-electron chi connectivity index (χ3n) is 0.138. The monoisotopic (exact) mass is 91.0 g/mol. The van der Waals surface area contributed by atoms with E-state index >= 15 is 0 Å². The lowest BCUT2D eigenvalue weighted by Gasteiger charge is -1.67. The molecule has 0 aliphatic carbocycles. The van der Waals surface area contributed by atoms with Crippen LogP contribution in [0, 0.1) is 12.2 Å². The molecule has 0 unspecified atom stereocenters. The minimum absolute atomic E-state index is 1.59. The molecule has 0 saturated heterocycles. The maximum absolute atomic E-state index is 7.36. The Morgan fingerprint density at radius 2 is 2.17 bits per heavy atom. The third-order valence-corrected chi connectivity index (χ3v) is 0.138. The van der Waals surface area contributed by atoms with E-state index in [-0.39, 0.29) is 0 Å². The van der Waals surface area contributed by atoms with Crippen LogP contribution in [0.25, 0.3) is 0 Å². The first kappa shape index (κ1) is 5.08. The highest BCUT2D eigenvalue weighted by Gasteiger charge is 1.60. The maximum Gasteiger partial charge on any atom is 0.256 e. The highest BCUT2D eigenvalue weighted by molar-refractivity contribution is 4.76. The van der Waals surface area contributed by atoms with Crippen LogP contribution in [0.4, 0.5) is 0 Å². The summed E-state index contributed by atoms with van der Waals surface area (Å²) in [7, 11) is 0. The molecule has 34 valence electrons. The number of hydrogen-bond donors (Lipinski definition) is 1. The van der Waals surface area contributed by atoms with Crippen LogP contribution in [0.3, 0.4) is 0 Å². The zero-order chi connectivity index (χ0) is 4.83. The molecule has 0 aromatic heterocycles. The van der Waals surface area contributed by atoms with Crippen LogP contribution in [-0.4, -0.2) is 10.5 Å². The summed E-state index contributed by atoms with van der Waals surface area (Å²) >= 11 is 0. The van der Waals surface area contributed by atoms with Gasteiger partial charge in [0.1, 0.15) is 0 Å². The first-order valence-electron chi connectivity index (χ1n) is 1.04. The summed E-state index contributed by atoms with van der Waals surface area (Å²) in [4.78, 5) is 6.56. The molecular weight excluding hydrogens is 88.0 g/mol. The quantitative estimate of drug-likeness (QED) is 0.181. The molecule has 4 heteroatoms. The fourth-order valence-corrected chi connectivity index (χ4v) is 0.0395. The van der Waals surface area contributed by atoms with Gasteiger partial charge in [0.15, 0.2) is 0 Å². The largest absolute Gasteiger partial charge is 0.281 e. The second-order valence-electron chi connectivity index (χ2n) is 0.397. The Morgan fingerprint density at radius 3 is 2.33 bits per heavy atom. The summed E-state index contributed by atoms with van der Waals surface area (Å²) in [6, 6.07) is 0. The van der Waals surface area contributed by atoms with Crippen LogP contribution in [0.5, 0.6) is 0 Å². The first-order chi connectivity index (χ1) is 2.91. The van der Waals surface area contributed by atoms with E-state index in [9.17, 15) is 0 Å². The molecule has 4 nitrogen and oxygen atoms in total. The molecule has 3 N–H and O–H groups in total. The molecule has 0 heterocycles. The molecule has 0 amide bonds. The van der Waals surface area contributed by atoms with E-state index in [1.165, 1.54) is 0 Å². The molecule has 0 aromatic rings. The highest BCUT2D eigenvalue weighted by Crippen LogP contribution is 1.53. The van der Waals surface area contributed by atoms with Crippen LogP contribution >= 0.6 is 0 Å². The fraction of sp³-hybridized carbons (Fsp3) is 0. The van der Waals surface area contributed by atoms with E-state index in [1.54, 1.807) is 12.2 Å². The van der Waals surface area contributed by atoms with Crippen LogP contribution in [0.15, 0.2) is 0 Å². The van der Waals surface area contributed by atoms with Crippen molar-refractivity contribution in [1.29, 1.82) is 0 Å². The van der Waals surface area contributed by atoms with Crippen molar-refractivity contribution in [1.82, 2.24) is 0 Å². The Balaban J connectivity index is 2.90. The molecule has 0 aliphatic rings. The molecule has 0 rings (SSSR count). The van der Waals surface area contributed by atoms with Gasteiger partial charge in [-0.15, -0.1) is 0 Å². The van der Waals surface area contributed by atoms with Crippen LogP contribution in [0.1, 0.15) is 0 Å². The maximum atomic E-state index is 7.36. The van der Waals surface area contributed by atoms with E-state index in [2.05, 4.69) is 9.78 Å². The van der Waals surface area contributed by atoms with E-state index in [4.69, 9.17) is 10.5 Å². The average Bonchev–Trinajstić information content (AvgIpc) is 1.61. The molecule has 0 saturated carbocycles. The molecule has 0 radical (unpaired) electrons. The Kier molecular flexibility index (Phi) is 3.45. The fourth-order valence-electron chi connectivity index (χ4n) is 0.0395. The van der Waals surface area contributed by atoms with Crippen molar-refractivity contribution in [2.75, 3.05) is 0 Å². The Hall–Kier alpha value is -0.920. The molecule has 0 atom stereocenters. The summed E-state index contributed by atoms with van der Waals surface area (Å²) < 4.78 is 0. The molecule has 0 spiro atoms. The minimum Gasteiger partial charge on any atom is -0.281 e. The van der Waals surface area contributed by atoms with Crippen LogP contribution in [-0.2, 0) is 9.78 Å². The van der Waals surface area contributed by atoms with Crippen molar-refractivity contribution >= 4 is 0 Å². The van der Waals surface area contributed by atoms with Gasteiger partial charge in [0.2, 0.25) is 6.11 Å². The van der Waals surface area contributed by atoms with Crippen LogP contribution in [0.2, 0.25) is 0 Å². The van der Waals surface area contributed by atoms with Gasteiger partial charge in [0.25, 0.3) is 6.11 Å². The molecular formula is C2H3O4+. The van der Waals surface area contributed by atoms with Gasteiger partial charge in [-0.1, -0.05) is 0 Å². The van der Waals surface area contributed by atoms with Gasteiger partial charge in [0.05, 0.1) is 0 Å². The van der Waals surface area contributed by atoms with Gasteiger partial charge < -0.3 is 0 Å². The van der Waals surface area contributed by atoms with E-state index < -0.39 is 0 Å². The normalized spacial score (nSPS) is 5.00. The van der Waals surface area contributed by atoms with E-state index in [0.717, 1.165) is 0 Å². The van der Waals surface area contributed by atoms with Gasteiger partial charge in [0, 0.05) is 0 Å². The van der Waals surface area contributed by atoms with Crippen molar-refractivity contribution in [2.24, 2.45) is 0 Å². The van der Waals surface area contributed by atoms with E-state index in [0.29, 0.717) is 0 Å². The number of rotatable bonds is 0. The van der Waals surface area contributed by atoms with Gasteiger partial charge in [-0.2, -0.15) is 10.1 Å². The molecule has 6 heavy (non-hydrogen) atoms. The van der Waals surface area contributed by atoms with Gasteiger partial charge >= 0.3 is 0 Å². The predicted molar refractivity (Wildman–Crippen MR) is 16.2 cm³/mol. The second kappa shape index (κ2) is 4.08. The second-order valence-corrected chi connectivity index (χ2v) is 0.397. The van der Waals surface area contributed by atoms with Gasteiger partial charge in [-0.3, -0.25) is 4.89 Å². The zero-order valence-electron chi connectivity index (χ0n) is 2.76. The number of hydrogen-bond acceptors (Lipinski definition) is 3. The van der Waals surface area contributed by atoms with Crippen molar-refractivity contribution in [3.8, 4) is 12.2 Å². The lowest BCUT2D eigenvalue weighted by molar-refractivity contribution is -0.188. The van der Waals surface area contributed by atoms with Crippen molar-refractivity contribution in [2.45, 2.75) is 0 Å². The molecule has 0 aliphatic heterocycles. The lowest BCUT2D eigenvalue weighted by Crippen LogP contribution is -1.68. The Bertz CT molecular complexity index is 59.4. The predicted octanol–water partition coefficient (Wildman–Crippen LogP) is -0.949. The van der Waals surface area contributed by atoms with Crippen molar-refractivity contribution in [3.63, 3.8) is 0 Å². The van der Waals surface area contributed by atoms with E-state index in [1.807, 2.05) is 0 Å². The minimum atomic E-state index is 1.59. The molecule has 0 fully saturated rings.